The summed E-state index contributed by atoms with van der Waals surface area (Å²) in [6, 6.07) is 0.512. The molecule has 1 atom stereocenters. The average molecular weight is 182 g/mol. The van der Waals surface area contributed by atoms with E-state index in [1.54, 1.807) is 6.92 Å². The first-order valence-corrected chi connectivity index (χ1v) is 5.27. The van der Waals surface area contributed by atoms with Crippen molar-refractivity contribution in [2.75, 3.05) is 26.2 Å². The highest BCUT2D eigenvalue weighted by Crippen LogP contribution is 2.20. The van der Waals surface area contributed by atoms with E-state index in [0.717, 1.165) is 13.1 Å². The summed E-state index contributed by atoms with van der Waals surface area (Å²) in [5, 5.41) is 0. The van der Waals surface area contributed by atoms with Gasteiger partial charge in [0.25, 0.3) is 0 Å². The van der Waals surface area contributed by atoms with Crippen LogP contribution in [0.25, 0.3) is 0 Å². The van der Waals surface area contributed by atoms with Crippen molar-refractivity contribution >= 4 is 5.91 Å². The number of hydrogen-bond acceptors (Lipinski definition) is 2. The molecule has 3 nitrogen and oxygen atoms in total. The van der Waals surface area contributed by atoms with Crippen molar-refractivity contribution in [3.8, 4) is 0 Å². The summed E-state index contributed by atoms with van der Waals surface area (Å²) in [6.45, 7) is 6.26. The molecule has 0 radical (unpaired) electrons. The third-order valence-electron chi connectivity index (χ3n) is 3.20. The topological polar surface area (TPSA) is 23.6 Å². The van der Waals surface area contributed by atoms with Crippen molar-refractivity contribution < 1.29 is 4.79 Å². The van der Waals surface area contributed by atoms with E-state index in [9.17, 15) is 4.79 Å². The van der Waals surface area contributed by atoms with Crippen LogP contribution in [-0.2, 0) is 4.79 Å². The van der Waals surface area contributed by atoms with Gasteiger partial charge in [-0.25, -0.2) is 0 Å². The molecule has 2 rings (SSSR count). The molecular formula is C10H18N2O. The molecule has 0 N–H and O–H groups in total. The Balaban J connectivity index is 1.85. The summed E-state index contributed by atoms with van der Waals surface area (Å²) < 4.78 is 0. The van der Waals surface area contributed by atoms with Gasteiger partial charge in [-0.2, -0.15) is 0 Å². The molecule has 0 saturated carbocycles. The van der Waals surface area contributed by atoms with Gasteiger partial charge in [0.1, 0.15) is 0 Å². The van der Waals surface area contributed by atoms with Crippen LogP contribution in [0.15, 0.2) is 0 Å². The van der Waals surface area contributed by atoms with E-state index in [-0.39, 0.29) is 5.91 Å². The van der Waals surface area contributed by atoms with Crippen LogP contribution in [0.1, 0.15) is 26.2 Å². The van der Waals surface area contributed by atoms with Crippen molar-refractivity contribution in [3.05, 3.63) is 0 Å². The lowest BCUT2D eigenvalue weighted by atomic mass is 10.1. The van der Waals surface area contributed by atoms with Crippen LogP contribution in [0.2, 0.25) is 0 Å². The third kappa shape index (κ3) is 1.85. The van der Waals surface area contributed by atoms with E-state index in [2.05, 4.69) is 4.90 Å². The number of hydrogen-bond donors (Lipinski definition) is 0. The molecule has 1 unspecified atom stereocenters. The lowest BCUT2D eigenvalue weighted by molar-refractivity contribution is -0.130. The minimum atomic E-state index is 0.253. The Morgan fingerprint density at radius 2 is 2.08 bits per heavy atom. The maximum Gasteiger partial charge on any atom is 0.219 e. The lowest BCUT2D eigenvalue weighted by Gasteiger charge is -2.35. The van der Waals surface area contributed by atoms with Crippen LogP contribution in [0, 0.1) is 0 Å². The molecule has 0 aromatic rings. The molecule has 1 amide bonds. The van der Waals surface area contributed by atoms with Crippen molar-refractivity contribution in [3.63, 3.8) is 0 Å². The van der Waals surface area contributed by atoms with E-state index in [0.29, 0.717) is 6.04 Å². The maximum absolute atomic E-state index is 11.3. The van der Waals surface area contributed by atoms with E-state index in [1.165, 1.54) is 32.4 Å². The second-order valence-electron chi connectivity index (χ2n) is 4.16. The number of carbonyl (C=O) groups excluding carboxylic acids is 1. The Bertz CT molecular complexity index is 201. The van der Waals surface area contributed by atoms with Crippen molar-refractivity contribution in [1.29, 1.82) is 0 Å². The summed E-state index contributed by atoms with van der Waals surface area (Å²) in [5.74, 6) is 0.253. The van der Waals surface area contributed by atoms with E-state index >= 15 is 0 Å². The zero-order valence-corrected chi connectivity index (χ0v) is 8.33. The molecule has 2 aliphatic rings. The Hall–Kier alpha value is -0.570. The molecule has 2 heterocycles. The smallest absolute Gasteiger partial charge is 0.219 e. The molecule has 0 aromatic carbocycles. The van der Waals surface area contributed by atoms with Crippen LogP contribution in [-0.4, -0.2) is 47.9 Å². The van der Waals surface area contributed by atoms with Crippen LogP contribution in [0.5, 0.6) is 0 Å². The number of rotatable bonds is 2. The minimum absolute atomic E-state index is 0.253. The van der Waals surface area contributed by atoms with Gasteiger partial charge in [0.2, 0.25) is 5.91 Å². The quantitative estimate of drug-likeness (QED) is 0.627. The largest absolute Gasteiger partial charge is 0.339 e. The van der Waals surface area contributed by atoms with Crippen molar-refractivity contribution in [2.45, 2.75) is 32.2 Å². The van der Waals surface area contributed by atoms with Gasteiger partial charge in [0.15, 0.2) is 0 Å². The highest BCUT2D eigenvalue weighted by molar-refractivity contribution is 5.73. The van der Waals surface area contributed by atoms with E-state index in [1.807, 2.05) is 4.90 Å². The normalized spacial score (nSPS) is 29.0. The molecule has 2 fully saturated rings. The van der Waals surface area contributed by atoms with Crippen molar-refractivity contribution in [2.24, 2.45) is 0 Å². The van der Waals surface area contributed by atoms with Gasteiger partial charge in [0, 0.05) is 26.1 Å². The molecule has 0 aliphatic carbocycles. The minimum Gasteiger partial charge on any atom is -0.339 e. The molecule has 13 heavy (non-hydrogen) atoms. The van der Waals surface area contributed by atoms with Crippen molar-refractivity contribution in [1.82, 2.24) is 9.80 Å². The van der Waals surface area contributed by atoms with Crippen LogP contribution >= 0.6 is 0 Å². The first-order chi connectivity index (χ1) is 6.27. The summed E-state index contributed by atoms with van der Waals surface area (Å²) in [6.07, 6.45) is 3.74. The van der Waals surface area contributed by atoms with Gasteiger partial charge in [0.05, 0.1) is 0 Å². The van der Waals surface area contributed by atoms with Crippen LogP contribution in [0.3, 0.4) is 0 Å². The SMILES string of the molecule is CC(=O)N1CCCC1CN1CCC1. The fourth-order valence-corrected chi connectivity index (χ4v) is 2.30. The third-order valence-corrected chi connectivity index (χ3v) is 3.20. The number of carbonyl (C=O) groups is 1. The molecule has 0 aromatic heterocycles. The standard InChI is InChI=1S/C10H18N2O/c1-9(13)12-7-2-4-10(12)8-11-5-3-6-11/h10H,2-8H2,1H3. The zero-order chi connectivity index (χ0) is 9.26. The maximum atomic E-state index is 11.3. The molecule has 74 valence electrons. The fourth-order valence-electron chi connectivity index (χ4n) is 2.30. The Labute approximate surface area is 79.7 Å². The first kappa shape index (κ1) is 9.00. The van der Waals surface area contributed by atoms with Gasteiger partial charge in [-0.05, 0) is 32.4 Å². The molecule has 2 saturated heterocycles. The first-order valence-electron chi connectivity index (χ1n) is 5.27. The second kappa shape index (κ2) is 3.66. The van der Waals surface area contributed by atoms with E-state index in [4.69, 9.17) is 0 Å². The lowest BCUT2D eigenvalue weighted by Crippen LogP contribution is -2.47. The fraction of sp³-hybridized carbons (Fsp3) is 0.900. The highest BCUT2D eigenvalue weighted by atomic mass is 16.2. The molecule has 0 spiro atoms. The van der Waals surface area contributed by atoms with Gasteiger partial charge in [-0.15, -0.1) is 0 Å². The summed E-state index contributed by atoms with van der Waals surface area (Å²) in [7, 11) is 0. The highest BCUT2D eigenvalue weighted by Gasteiger charge is 2.29. The number of likely N-dealkylation sites (tertiary alicyclic amines) is 2. The van der Waals surface area contributed by atoms with Crippen LogP contribution < -0.4 is 0 Å². The summed E-state index contributed by atoms with van der Waals surface area (Å²) in [4.78, 5) is 15.7. The summed E-state index contributed by atoms with van der Waals surface area (Å²) >= 11 is 0. The Morgan fingerprint density at radius 1 is 1.31 bits per heavy atom. The summed E-state index contributed by atoms with van der Waals surface area (Å²) in [5.41, 5.74) is 0. The number of nitrogens with zero attached hydrogens (tertiary/aromatic N) is 2. The van der Waals surface area contributed by atoms with Crippen LogP contribution in [0.4, 0.5) is 0 Å². The molecule has 0 bridgehead atoms. The molecule has 3 heteroatoms. The predicted molar refractivity (Wildman–Crippen MR) is 51.5 cm³/mol. The Kier molecular flexibility index (Phi) is 2.54. The van der Waals surface area contributed by atoms with Gasteiger partial charge < -0.3 is 9.80 Å². The zero-order valence-electron chi connectivity index (χ0n) is 8.33. The van der Waals surface area contributed by atoms with Gasteiger partial charge in [-0.1, -0.05) is 0 Å². The predicted octanol–water partition coefficient (Wildman–Crippen LogP) is 0.703. The Morgan fingerprint density at radius 3 is 2.62 bits per heavy atom. The molecule has 2 aliphatic heterocycles. The van der Waals surface area contributed by atoms with Gasteiger partial charge in [-0.3, -0.25) is 4.79 Å². The number of amides is 1. The average Bonchev–Trinajstić information content (AvgIpc) is 2.44. The second-order valence-corrected chi connectivity index (χ2v) is 4.16. The van der Waals surface area contributed by atoms with E-state index < -0.39 is 0 Å². The van der Waals surface area contributed by atoms with Gasteiger partial charge >= 0.3 is 0 Å². The molecular weight excluding hydrogens is 164 g/mol. The monoisotopic (exact) mass is 182 g/mol.